The van der Waals surface area contributed by atoms with Gasteiger partial charge in [-0.05, 0) is 18.4 Å². The molecular formula is C11H16N2OS2. The summed E-state index contributed by atoms with van der Waals surface area (Å²) in [6.07, 6.45) is 1.98. The summed E-state index contributed by atoms with van der Waals surface area (Å²) >= 11 is 3.31. The number of nitrogens with zero attached hydrogens (tertiary/aromatic N) is 1. The zero-order valence-electron chi connectivity index (χ0n) is 9.60. The summed E-state index contributed by atoms with van der Waals surface area (Å²) in [5.74, 6) is 0.174. The number of oxime groups is 1. The molecule has 0 heterocycles. The van der Waals surface area contributed by atoms with E-state index in [2.05, 4.69) is 19.0 Å². The average Bonchev–Trinajstić information content (AvgIpc) is 2.27. The Hall–Kier alpha value is -0.810. The Kier molecular flexibility index (Phi) is 5.02. The van der Waals surface area contributed by atoms with Gasteiger partial charge in [0, 0.05) is 20.6 Å². The molecule has 3 nitrogen and oxygen atoms in total. The van der Waals surface area contributed by atoms with Crippen LogP contribution in [0.3, 0.4) is 0 Å². The Morgan fingerprint density at radius 1 is 1.38 bits per heavy atom. The predicted molar refractivity (Wildman–Crippen MR) is 71.7 cm³/mol. The molecule has 0 aliphatic rings. The van der Waals surface area contributed by atoms with Gasteiger partial charge in [-0.1, -0.05) is 25.1 Å². The molecule has 0 saturated carbocycles. The lowest BCUT2D eigenvalue weighted by atomic mass is 10.2. The van der Waals surface area contributed by atoms with E-state index >= 15 is 0 Å². The molecule has 0 radical (unpaired) electrons. The average molecular weight is 256 g/mol. The van der Waals surface area contributed by atoms with E-state index in [4.69, 9.17) is 10.9 Å². The minimum atomic E-state index is 0.174. The van der Waals surface area contributed by atoms with E-state index in [-0.39, 0.29) is 5.84 Å². The van der Waals surface area contributed by atoms with Gasteiger partial charge < -0.3 is 10.9 Å². The number of amidine groups is 1. The number of hydrogen-bond acceptors (Lipinski definition) is 4. The molecule has 1 aromatic rings. The Morgan fingerprint density at radius 3 is 2.50 bits per heavy atom. The molecule has 0 fully saturated rings. The second-order valence-electron chi connectivity index (χ2n) is 3.49. The van der Waals surface area contributed by atoms with Crippen molar-refractivity contribution in [3.63, 3.8) is 0 Å². The highest BCUT2D eigenvalue weighted by Gasteiger charge is 2.13. The van der Waals surface area contributed by atoms with Gasteiger partial charge >= 0.3 is 0 Å². The highest BCUT2D eigenvalue weighted by atomic mass is 32.2. The third-order valence-electron chi connectivity index (χ3n) is 1.93. The molecule has 0 bridgehead atoms. The van der Waals surface area contributed by atoms with Gasteiger partial charge in [-0.25, -0.2) is 0 Å². The third-order valence-corrected chi connectivity index (χ3v) is 3.78. The topological polar surface area (TPSA) is 58.6 Å². The Morgan fingerprint density at radius 2 is 2.00 bits per heavy atom. The van der Waals surface area contributed by atoms with Gasteiger partial charge in [0.1, 0.15) is 0 Å². The summed E-state index contributed by atoms with van der Waals surface area (Å²) in [5.41, 5.74) is 6.55. The number of rotatable bonds is 4. The molecule has 16 heavy (non-hydrogen) atoms. The Bertz CT molecular complexity index is 392. The fourth-order valence-electron chi connectivity index (χ4n) is 1.34. The van der Waals surface area contributed by atoms with Gasteiger partial charge in [0.15, 0.2) is 5.84 Å². The van der Waals surface area contributed by atoms with Crippen LogP contribution in [-0.4, -0.2) is 22.5 Å². The summed E-state index contributed by atoms with van der Waals surface area (Å²) in [6, 6.07) is 5.96. The molecule has 0 unspecified atom stereocenters. The van der Waals surface area contributed by atoms with Crippen LogP contribution < -0.4 is 5.73 Å². The minimum Gasteiger partial charge on any atom is -0.409 e. The molecule has 0 aliphatic heterocycles. The van der Waals surface area contributed by atoms with Crippen LogP contribution >= 0.6 is 23.5 Å². The van der Waals surface area contributed by atoms with Crippen molar-refractivity contribution in [2.75, 3.05) is 6.26 Å². The molecule has 0 aliphatic carbocycles. The molecule has 0 spiro atoms. The monoisotopic (exact) mass is 256 g/mol. The van der Waals surface area contributed by atoms with Crippen molar-refractivity contribution in [3.8, 4) is 0 Å². The van der Waals surface area contributed by atoms with Gasteiger partial charge in [-0.15, -0.1) is 23.5 Å². The van der Waals surface area contributed by atoms with E-state index in [1.54, 1.807) is 23.5 Å². The lowest BCUT2D eigenvalue weighted by Crippen LogP contribution is -2.15. The molecule has 88 valence electrons. The first kappa shape index (κ1) is 13.3. The highest BCUT2D eigenvalue weighted by molar-refractivity contribution is 8.00. The van der Waals surface area contributed by atoms with Crippen LogP contribution in [0.25, 0.3) is 0 Å². The van der Waals surface area contributed by atoms with Crippen LogP contribution in [0.4, 0.5) is 0 Å². The molecule has 0 saturated heterocycles. The van der Waals surface area contributed by atoms with Crippen molar-refractivity contribution < 1.29 is 5.21 Å². The maximum atomic E-state index is 8.81. The van der Waals surface area contributed by atoms with E-state index in [1.807, 2.05) is 24.5 Å². The van der Waals surface area contributed by atoms with Crippen LogP contribution in [0, 0.1) is 0 Å². The van der Waals surface area contributed by atoms with E-state index in [0.29, 0.717) is 5.25 Å². The van der Waals surface area contributed by atoms with Crippen molar-refractivity contribution in [1.82, 2.24) is 0 Å². The summed E-state index contributed by atoms with van der Waals surface area (Å²) in [4.78, 5) is 2.08. The molecule has 0 amide bonds. The largest absolute Gasteiger partial charge is 0.409 e. The standard InChI is InChI=1S/C11H16N2OS2/c1-7(2)16-9-6-4-5-8(15-3)10(9)11(12)13-14/h4-7,14H,1-3H3,(H2,12,13). The lowest BCUT2D eigenvalue weighted by molar-refractivity contribution is 0.318. The van der Waals surface area contributed by atoms with Gasteiger partial charge in [0.25, 0.3) is 0 Å². The number of benzene rings is 1. The van der Waals surface area contributed by atoms with Gasteiger partial charge in [0.05, 0.1) is 0 Å². The summed E-state index contributed by atoms with van der Waals surface area (Å²) in [6.45, 7) is 4.24. The molecule has 0 aromatic heterocycles. The first-order valence-corrected chi connectivity index (χ1v) is 7.02. The number of hydrogen-bond donors (Lipinski definition) is 2. The fraction of sp³-hybridized carbons (Fsp3) is 0.364. The Labute approximate surface area is 104 Å². The number of nitrogens with two attached hydrogens (primary N) is 1. The smallest absolute Gasteiger partial charge is 0.172 e. The van der Waals surface area contributed by atoms with E-state index in [1.165, 1.54) is 0 Å². The summed E-state index contributed by atoms with van der Waals surface area (Å²) in [7, 11) is 0. The SMILES string of the molecule is CSc1cccc(SC(C)C)c1/C(N)=N/O. The zero-order chi connectivity index (χ0) is 12.1. The first-order chi connectivity index (χ1) is 7.60. The summed E-state index contributed by atoms with van der Waals surface area (Å²) in [5, 5.41) is 12.4. The quantitative estimate of drug-likeness (QED) is 0.286. The van der Waals surface area contributed by atoms with Gasteiger partial charge in [-0.3, -0.25) is 0 Å². The predicted octanol–water partition coefficient (Wildman–Crippen LogP) is 3.00. The molecule has 0 atom stereocenters. The molecule has 3 N–H and O–H groups in total. The maximum absolute atomic E-state index is 8.81. The maximum Gasteiger partial charge on any atom is 0.172 e. The Balaban J connectivity index is 3.26. The summed E-state index contributed by atoms with van der Waals surface area (Å²) < 4.78 is 0. The lowest BCUT2D eigenvalue weighted by Gasteiger charge is -2.13. The first-order valence-electron chi connectivity index (χ1n) is 4.91. The van der Waals surface area contributed by atoms with Crippen LogP contribution in [0.15, 0.2) is 33.1 Å². The van der Waals surface area contributed by atoms with Crippen LogP contribution in [-0.2, 0) is 0 Å². The van der Waals surface area contributed by atoms with Crippen molar-refractivity contribution in [1.29, 1.82) is 0 Å². The van der Waals surface area contributed by atoms with Crippen molar-refractivity contribution >= 4 is 29.4 Å². The minimum absolute atomic E-state index is 0.174. The normalized spacial score (nSPS) is 12.1. The van der Waals surface area contributed by atoms with E-state index in [9.17, 15) is 0 Å². The second kappa shape index (κ2) is 6.06. The van der Waals surface area contributed by atoms with Crippen molar-refractivity contribution in [2.45, 2.75) is 28.9 Å². The van der Waals surface area contributed by atoms with Gasteiger partial charge in [0.2, 0.25) is 0 Å². The molecule has 5 heteroatoms. The fourth-order valence-corrected chi connectivity index (χ4v) is 3.03. The zero-order valence-corrected chi connectivity index (χ0v) is 11.2. The van der Waals surface area contributed by atoms with Crippen LogP contribution in [0.2, 0.25) is 0 Å². The number of thioether (sulfide) groups is 2. The van der Waals surface area contributed by atoms with Crippen LogP contribution in [0.5, 0.6) is 0 Å². The highest BCUT2D eigenvalue weighted by Crippen LogP contribution is 2.32. The molecule has 1 aromatic carbocycles. The molecular weight excluding hydrogens is 240 g/mol. The van der Waals surface area contributed by atoms with E-state index in [0.717, 1.165) is 15.4 Å². The van der Waals surface area contributed by atoms with Crippen LogP contribution in [0.1, 0.15) is 19.4 Å². The van der Waals surface area contributed by atoms with Gasteiger partial charge in [-0.2, -0.15) is 0 Å². The molecule has 1 rings (SSSR count). The van der Waals surface area contributed by atoms with E-state index < -0.39 is 0 Å². The second-order valence-corrected chi connectivity index (χ2v) is 5.95. The third kappa shape index (κ3) is 3.09. The van der Waals surface area contributed by atoms with Crippen molar-refractivity contribution in [2.24, 2.45) is 10.9 Å². The van der Waals surface area contributed by atoms with Crippen molar-refractivity contribution in [3.05, 3.63) is 23.8 Å².